The lowest BCUT2D eigenvalue weighted by molar-refractivity contribution is 0.589. The minimum absolute atomic E-state index is 0.0726. The Morgan fingerprint density at radius 1 is 0.897 bits per heavy atom. The van der Waals surface area contributed by atoms with Gasteiger partial charge >= 0.3 is 0 Å². The number of nitrogens with zero attached hydrogens (tertiary/aromatic N) is 1. The number of anilines is 1. The van der Waals surface area contributed by atoms with Gasteiger partial charge in [0.15, 0.2) is 5.03 Å². The van der Waals surface area contributed by atoms with Gasteiger partial charge in [-0.15, -0.1) is 0 Å². The molecule has 1 aromatic heterocycles. The fourth-order valence-electron chi connectivity index (χ4n) is 2.52. The predicted molar refractivity (Wildman–Crippen MR) is 114 cm³/mol. The van der Waals surface area contributed by atoms with E-state index >= 15 is 0 Å². The highest BCUT2D eigenvalue weighted by atomic mass is 32.2. The third-order valence-corrected chi connectivity index (χ3v) is 9.10. The van der Waals surface area contributed by atoms with E-state index in [1.165, 1.54) is 24.3 Å². The van der Waals surface area contributed by atoms with Gasteiger partial charge in [0, 0.05) is 6.54 Å². The summed E-state index contributed by atoms with van der Waals surface area (Å²) in [6, 6.07) is 14.3. The molecule has 0 atom stereocenters. The minimum atomic E-state index is -3.98. The Kier molecular flexibility index (Phi) is 6.11. The molecule has 154 valence electrons. The molecule has 0 amide bonds. The van der Waals surface area contributed by atoms with Crippen LogP contribution >= 0.6 is 11.3 Å². The third kappa shape index (κ3) is 4.52. The van der Waals surface area contributed by atoms with Gasteiger partial charge in [0.2, 0.25) is 24.0 Å². The van der Waals surface area contributed by atoms with E-state index in [1.54, 1.807) is 30.3 Å². The first-order valence-corrected chi connectivity index (χ1v) is 12.8. The molecule has 3 rings (SSSR count). The lowest BCUT2D eigenvalue weighted by atomic mass is 10.2. The van der Waals surface area contributed by atoms with Crippen molar-refractivity contribution >= 4 is 36.0 Å². The van der Waals surface area contributed by atoms with Crippen molar-refractivity contribution in [1.82, 2.24) is 4.98 Å². The van der Waals surface area contributed by atoms with Crippen LogP contribution in [-0.4, -0.2) is 28.4 Å². The topological polar surface area (TPSA) is 93.2 Å². The van der Waals surface area contributed by atoms with Crippen molar-refractivity contribution < 1.29 is 16.8 Å². The fraction of sp³-hybridized carbons (Fsp3) is 0.250. The standard InChI is InChI=1S/C20H22N2O4S3/c1-14(2)13-21-18-19(28(23,24)17-11-9-15(3)10-12-17)22-20(27-18)29(25,26)16-7-5-4-6-8-16/h4-12,14,21H,13H2,1-3H3. The van der Waals surface area contributed by atoms with Crippen LogP contribution in [0.3, 0.4) is 0 Å². The van der Waals surface area contributed by atoms with E-state index in [9.17, 15) is 16.8 Å². The van der Waals surface area contributed by atoms with E-state index in [0.717, 1.165) is 16.9 Å². The Morgan fingerprint density at radius 2 is 1.48 bits per heavy atom. The highest BCUT2D eigenvalue weighted by Crippen LogP contribution is 2.36. The molecule has 0 aliphatic heterocycles. The van der Waals surface area contributed by atoms with Crippen LogP contribution in [0.4, 0.5) is 5.00 Å². The summed E-state index contributed by atoms with van der Waals surface area (Å²) in [6.07, 6.45) is 0. The van der Waals surface area contributed by atoms with E-state index < -0.39 is 19.7 Å². The molecule has 2 aromatic carbocycles. The molecular weight excluding hydrogens is 428 g/mol. The van der Waals surface area contributed by atoms with Crippen LogP contribution < -0.4 is 5.32 Å². The van der Waals surface area contributed by atoms with E-state index in [4.69, 9.17) is 0 Å². The molecule has 0 radical (unpaired) electrons. The Morgan fingerprint density at radius 3 is 2.07 bits per heavy atom. The highest BCUT2D eigenvalue weighted by Gasteiger charge is 2.31. The smallest absolute Gasteiger partial charge is 0.233 e. The average molecular weight is 451 g/mol. The van der Waals surface area contributed by atoms with Crippen molar-refractivity contribution in [2.24, 2.45) is 5.92 Å². The number of aryl methyl sites for hydroxylation is 1. The second-order valence-electron chi connectivity index (χ2n) is 7.02. The molecular formula is C20H22N2O4S3. The van der Waals surface area contributed by atoms with Gasteiger partial charge in [0.05, 0.1) is 9.79 Å². The Hall–Kier alpha value is -2.23. The SMILES string of the molecule is Cc1ccc(S(=O)(=O)c2nc(S(=O)(=O)c3ccccc3)sc2NCC(C)C)cc1. The van der Waals surface area contributed by atoms with E-state index in [2.05, 4.69) is 10.3 Å². The average Bonchev–Trinajstić information content (AvgIpc) is 3.13. The zero-order chi connectivity index (χ0) is 21.2. The van der Waals surface area contributed by atoms with Crippen LogP contribution in [0.1, 0.15) is 19.4 Å². The molecule has 0 spiro atoms. The molecule has 0 saturated heterocycles. The van der Waals surface area contributed by atoms with Gasteiger partial charge in [-0.3, -0.25) is 0 Å². The molecule has 9 heteroatoms. The summed E-state index contributed by atoms with van der Waals surface area (Å²) in [4.78, 5) is 4.23. The van der Waals surface area contributed by atoms with Gasteiger partial charge in [-0.2, -0.15) is 0 Å². The van der Waals surface area contributed by atoms with Gasteiger partial charge in [0.25, 0.3) is 0 Å². The Balaban J connectivity index is 2.14. The molecule has 29 heavy (non-hydrogen) atoms. The minimum Gasteiger partial charge on any atom is -0.374 e. The van der Waals surface area contributed by atoms with Gasteiger partial charge < -0.3 is 5.32 Å². The largest absolute Gasteiger partial charge is 0.374 e. The van der Waals surface area contributed by atoms with Crippen LogP contribution in [0.25, 0.3) is 0 Å². The molecule has 0 unspecified atom stereocenters. The number of nitrogens with one attached hydrogen (secondary N) is 1. The summed E-state index contributed by atoms with van der Waals surface area (Å²) in [6.45, 7) is 6.30. The quantitative estimate of drug-likeness (QED) is 0.580. The maximum atomic E-state index is 13.2. The monoisotopic (exact) mass is 450 g/mol. The fourth-order valence-corrected chi connectivity index (χ4v) is 6.84. The number of aromatic nitrogens is 1. The van der Waals surface area contributed by atoms with Crippen molar-refractivity contribution in [3.8, 4) is 0 Å². The van der Waals surface area contributed by atoms with Crippen LogP contribution in [0.5, 0.6) is 0 Å². The first-order chi connectivity index (χ1) is 13.6. The van der Waals surface area contributed by atoms with Gasteiger partial charge in [-0.1, -0.05) is 61.1 Å². The lowest BCUT2D eigenvalue weighted by Crippen LogP contribution is -2.11. The predicted octanol–water partition coefficient (Wildman–Crippen LogP) is 4.19. The number of hydrogen-bond donors (Lipinski definition) is 1. The van der Waals surface area contributed by atoms with Crippen molar-refractivity contribution in [2.75, 3.05) is 11.9 Å². The summed E-state index contributed by atoms with van der Waals surface area (Å²) in [5.74, 6) is 0.237. The number of thiazole rings is 1. The molecule has 0 aliphatic carbocycles. The number of rotatable bonds is 7. The van der Waals surface area contributed by atoms with Gasteiger partial charge in [0.1, 0.15) is 5.00 Å². The Bertz CT molecular complexity index is 1200. The summed E-state index contributed by atoms with van der Waals surface area (Å²) >= 11 is 0.839. The van der Waals surface area contributed by atoms with Crippen molar-refractivity contribution in [3.63, 3.8) is 0 Å². The third-order valence-electron chi connectivity index (χ3n) is 4.12. The zero-order valence-electron chi connectivity index (χ0n) is 16.3. The summed E-state index contributed by atoms with van der Waals surface area (Å²) < 4.78 is 52.1. The first-order valence-electron chi connectivity index (χ1n) is 8.99. The molecule has 6 nitrogen and oxygen atoms in total. The first kappa shape index (κ1) is 21.5. The second kappa shape index (κ2) is 8.25. The molecule has 1 heterocycles. The maximum Gasteiger partial charge on any atom is 0.233 e. The normalized spacial score (nSPS) is 12.3. The van der Waals surface area contributed by atoms with Crippen LogP contribution in [0, 0.1) is 12.8 Å². The Labute approximate surface area is 175 Å². The van der Waals surface area contributed by atoms with Crippen LogP contribution in [0.15, 0.2) is 73.8 Å². The molecule has 0 fully saturated rings. The van der Waals surface area contributed by atoms with Crippen molar-refractivity contribution in [3.05, 3.63) is 60.2 Å². The highest BCUT2D eigenvalue weighted by molar-refractivity contribution is 7.94. The number of hydrogen-bond acceptors (Lipinski definition) is 7. The number of benzene rings is 2. The molecule has 1 N–H and O–H groups in total. The lowest BCUT2D eigenvalue weighted by Gasteiger charge is -2.09. The second-order valence-corrected chi connectivity index (χ2v) is 12.0. The zero-order valence-corrected chi connectivity index (χ0v) is 18.7. The summed E-state index contributed by atoms with van der Waals surface area (Å²) in [5, 5.41) is 3.02. The van der Waals surface area contributed by atoms with Gasteiger partial charge in [-0.05, 0) is 37.1 Å². The van der Waals surface area contributed by atoms with Gasteiger partial charge in [-0.25, -0.2) is 21.8 Å². The number of sulfone groups is 2. The molecule has 0 aliphatic rings. The molecule has 0 saturated carbocycles. The van der Waals surface area contributed by atoms with E-state index in [-0.39, 0.29) is 30.1 Å². The van der Waals surface area contributed by atoms with E-state index in [0.29, 0.717) is 6.54 Å². The maximum absolute atomic E-state index is 13.2. The van der Waals surface area contributed by atoms with Crippen LogP contribution in [0.2, 0.25) is 0 Å². The molecule has 0 bridgehead atoms. The van der Waals surface area contributed by atoms with Crippen LogP contribution in [-0.2, 0) is 19.7 Å². The van der Waals surface area contributed by atoms with Crippen molar-refractivity contribution in [1.29, 1.82) is 0 Å². The summed E-state index contributed by atoms with van der Waals surface area (Å²) in [7, 11) is -7.91. The molecule has 3 aromatic rings. The summed E-state index contributed by atoms with van der Waals surface area (Å²) in [5.41, 5.74) is 0.924. The van der Waals surface area contributed by atoms with Crippen molar-refractivity contribution in [2.45, 2.75) is 39.9 Å². The van der Waals surface area contributed by atoms with E-state index in [1.807, 2.05) is 20.8 Å².